The fraction of sp³-hybridized carbons (Fsp3) is 0.667. The number of guanidine groups is 1. The van der Waals surface area contributed by atoms with Gasteiger partial charge < -0.3 is 20.1 Å². The molecule has 0 radical (unpaired) electrons. The molecule has 0 spiro atoms. The number of benzene rings is 1. The SMILES string of the molecule is CCNC(=NCC1(c2ccc(OC)cc2)CCOCC1)NC(C)CCS(C)(=O)=O. The lowest BCUT2D eigenvalue weighted by Gasteiger charge is -2.37. The zero-order chi connectivity index (χ0) is 21.3. The molecule has 0 aliphatic carbocycles. The van der Waals surface area contributed by atoms with Gasteiger partial charge in [0.15, 0.2) is 5.96 Å². The van der Waals surface area contributed by atoms with Crippen LogP contribution in [-0.2, 0) is 20.0 Å². The van der Waals surface area contributed by atoms with Crippen LogP contribution in [0.25, 0.3) is 0 Å². The van der Waals surface area contributed by atoms with Crippen LogP contribution in [0.5, 0.6) is 5.75 Å². The van der Waals surface area contributed by atoms with E-state index in [0.29, 0.717) is 18.9 Å². The van der Waals surface area contributed by atoms with Crippen molar-refractivity contribution in [2.45, 2.75) is 44.6 Å². The average Bonchev–Trinajstić information content (AvgIpc) is 2.71. The van der Waals surface area contributed by atoms with Gasteiger partial charge in [0.2, 0.25) is 0 Å². The highest BCUT2D eigenvalue weighted by Gasteiger charge is 2.34. The largest absolute Gasteiger partial charge is 0.497 e. The second kappa shape index (κ2) is 10.8. The summed E-state index contributed by atoms with van der Waals surface area (Å²) < 4.78 is 33.8. The van der Waals surface area contributed by atoms with Gasteiger partial charge in [0.25, 0.3) is 0 Å². The molecule has 8 heteroatoms. The molecule has 2 N–H and O–H groups in total. The number of hydrogen-bond donors (Lipinski definition) is 2. The molecule has 7 nitrogen and oxygen atoms in total. The summed E-state index contributed by atoms with van der Waals surface area (Å²) in [5, 5.41) is 6.62. The highest BCUT2D eigenvalue weighted by Crippen LogP contribution is 2.36. The van der Waals surface area contributed by atoms with Gasteiger partial charge in [0.1, 0.15) is 15.6 Å². The van der Waals surface area contributed by atoms with E-state index in [1.165, 1.54) is 11.8 Å². The smallest absolute Gasteiger partial charge is 0.191 e. The molecule has 1 saturated heterocycles. The van der Waals surface area contributed by atoms with E-state index in [0.717, 1.165) is 38.3 Å². The summed E-state index contributed by atoms with van der Waals surface area (Å²) in [6.07, 6.45) is 3.63. The van der Waals surface area contributed by atoms with E-state index in [4.69, 9.17) is 14.5 Å². The molecule has 164 valence electrons. The van der Waals surface area contributed by atoms with Crippen LogP contribution in [0.15, 0.2) is 29.3 Å². The summed E-state index contributed by atoms with van der Waals surface area (Å²) in [6.45, 7) is 6.81. The summed E-state index contributed by atoms with van der Waals surface area (Å²) in [4.78, 5) is 4.87. The molecule has 1 fully saturated rings. The average molecular weight is 426 g/mol. The van der Waals surface area contributed by atoms with Gasteiger partial charge in [-0.05, 0) is 50.8 Å². The van der Waals surface area contributed by atoms with E-state index in [9.17, 15) is 8.42 Å². The number of aliphatic imine (C=N–C) groups is 1. The Kier molecular flexibility index (Phi) is 8.77. The molecule has 0 bridgehead atoms. The summed E-state index contributed by atoms with van der Waals surface area (Å²) in [5.74, 6) is 1.72. The molecule has 1 unspecified atom stereocenters. The van der Waals surface area contributed by atoms with Crippen molar-refractivity contribution in [1.29, 1.82) is 0 Å². The predicted octanol–water partition coefficient (Wildman–Crippen LogP) is 2.12. The monoisotopic (exact) mass is 425 g/mol. The van der Waals surface area contributed by atoms with Crippen LogP contribution in [0.2, 0.25) is 0 Å². The highest BCUT2D eigenvalue weighted by atomic mass is 32.2. The quantitative estimate of drug-likeness (QED) is 0.465. The van der Waals surface area contributed by atoms with Crippen molar-refractivity contribution in [2.24, 2.45) is 4.99 Å². The maximum Gasteiger partial charge on any atom is 0.191 e. The molecule has 1 aromatic carbocycles. The molecule has 29 heavy (non-hydrogen) atoms. The number of nitrogens with zero attached hydrogens (tertiary/aromatic N) is 1. The Morgan fingerprint density at radius 2 is 1.93 bits per heavy atom. The van der Waals surface area contributed by atoms with Crippen LogP contribution in [0.3, 0.4) is 0 Å². The third-order valence-electron chi connectivity index (χ3n) is 5.34. The van der Waals surface area contributed by atoms with Gasteiger partial charge in [-0.1, -0.05) is 12.1 Å². The van der Waals surface area contributed by atoms with Crippen molar-refractivity contribution in [1.82, 2.24) is 10.6 Å². The Hall–Kier alpha value is -1.80. The van der Waals surface area contributed by atoms with Crippen molar-refractivity contribution in [3.8, 4) is 5.75 Å². The summed E-state index contributed by atoms with van der Waals surface area (Å²) in [5.41, 5.74) is 1.16. The Balaban J connectivity index is 2.14. The number of hydrogen-bond acceptors (Lipinski definition) is 5. The van der Waals surface area contributed by atoms with Crippen molar-refractivity contribution in [2.75, 3.05) is 45.4 Å². The predicted molar refractivity (Wildman–Crippen MR) is 118 cm³/mol. The van der Waals surface area contributed by atoms with Crippen LogP contribution < -0.4 is 15.4 Å². The fourth-order valence-electron chi connectivity index (χ4n) is 3.49. The van der Waals surface area contributed by atoms with Crippen molar-refractivity contribution < 1.29 is 17.9 Å². The van der Waals surface area contributed by atoms with Crippen LogP contribution in [0.1, 0.15) is 38.7 Å². The summed E-state index contributed by atoms with van der Waals surface area (Å²) in [7, 11) is -1.30. The Labute approximate surface area is 175 Å². The van der Waals surface area contributed by atoms with Gasteiger partial charge >= 0.3 is 0 Å². The molecule has 0 amide bonds. The van der Waals surface area contributed by atoms with Crippen molar-refractivity contribution in [3.05, 3.63) is 29.8 Å². The van der Waals surface area contributed by atoms with E-state index in [-0.39, 0.29) is 17.2 Å². The lowest BCUT2D eigenvalue weighted by Crippen LogP contribution is -2.44. The Morgan fingerprint density at radius 1 is 1.28 bits per heavy atom. The topological polar surface area (TPSA) is 89.0 Å². The van der Waals surface area contributed by atoms with E-state index < -0.39 is 9.84 Å². The number of ether oxygens (including phenoxy) is 2. The minimum Gasteiger partial charge on any atom is -0.497 e. The van der Waals surface area contributed by atoms with Gasteiger partial charge in [-0.15, -0.1) is 0 Å². The fourth-order valence-corrected chi connectivity index (χ4v) is 4.27. The van der Waals surface area contributed by atoms with E-state index >= 15 is 0 Å². The zero-order valence-corrected chi connectivity index (χ0v) is 18.8. The van der Waals surface area contributed by atoms with Crippen molar-refractivity contribution >= 4 is 15.8 Å². The first-order valence-electron chi connectivity index (χ1n) is 10.2. The van der Waals surface area contributed by atoms with Crippen LogP contribution >= 0.6 is 0 Å². The van der Waals surface area contributed by atoms with Gasteiger partial charge in [-0.25, -0.2) is 8.42 Å². The minimum atomic E-state index is -2.97. The minimum absolute atomic E-state index is 0.00847. The molecule has 0 saturated carbocycles. The normalized spacial score (nSPS) is 18.1. The van der Waals surface area contributed by atoms with Gasteiger partial charge in [-0.3, -0.25) is 4.99 Å². The summed E-state index contributed by atoms with van der Waals surface area (Å²) in [6, 6.07) is 8.23. The Morgan fingerprint density at radius 3 is 2.48 bits per heavy atom. The first kappa shape index (κ1) is 23.5. The van der Waals surface area contributed by atoms with Crippen LogP contribution in [-0.4, -0.2) is 65.8 Å². The third-order valence-corrected chi connectivity index (χ3v) is 6.32. The van der Waals surface area contributed by atoms with Crippen LogP contribution in [0.4, 0.5) is 0 Å². The van der Waals surface area contributed by atoms with E-state index in [2.05, 4.69) is 22.8 Å². The van der Waals surface area contributed by atoms with Crippen LogP contribution in [0, 0.1) is 0 Å². The first-order chi connectivity index (χ1) is 13.8. The lowest BCUT2D eigenvalue weighted by atomic mass is 9.74. The number of methoxy groups -OCH3 is 1. The third kappa shape index (κ3) is 7.51. The second-order valence-corrected chi connectivity index (χ2v) is 10.0. The molecule has 0 aromatic heterocycles. The molecule has 1 atom stereocenters. The molecule has 1 aliphatic rings. The molecule has 1 aromatic rings. The summed E-state index contributed by atoms with van der Waals surface area (Å²) >= 11 is 0. The zero-order valence-electron chi connectivity index (χ0n) is 18.0. The molecular formula is C21H35N3O4S. The number of rotatable bonds is 9. The van der Waals surface area contributed by atoms with Crippen molar-refractivity contribution in [3.63, 3.8) is 0 Å². The van der Waals surface area contributed by atoms with Gasteiger partial charge in [0, 0.05) is 37.5 Å². The van der Waals surface area contributed by atoms with E-state index in [1.807, 2.05) is 26.0 Å². The lowest BCUT2D eigenvalue weighted by molar-refractivity contribution is 0.0531. The highest BCUT2D eigenvalue weighted by molar-refractivity contribution is 7.90. The molecule has 2 rings (SSSR count). The maximum atomic E-state index is 11.4. The molecule has 1 aliphatic heterocycles. The first-order valence-corrected chi connectivity index (χ1v) is 12.3. The number of nitrogens with one attached hydrogen (secondary N) is 2. The molecule has 1 heterocycles. The second-order valence-electron chi connectivity index (χ2n) is 7.78. The van der Waals surface area contributed by atoms with Gasteiger partial charge in [0.05, 0.1) is 19.4 Å². The molecular weight excluding hydrogens is 390 g/mol. The van der Waals surface area contributed by atoms with Gasteiger partial charge in [-0.2, -0.15) is 0 Å². The maximum absolute atomic E-state index is 11.4. The van der Waals surface area contributed by atoms with E-state index in [1.54, 1.807) is 7.11 Å². The standard InChI is InChI=1S/C21H35N3O4S/c1-5-22-20(24-17(2)10-15-29(4,25)26)23-16-21(11-13-28-14-12-21)18-6-8-19(27-3)9-7-18/h6-9,17H,5,10-16H2,1-4H3,(H2,22,23,24). The number of sulfone groups is 1. The Bertz CT molecular complexity index is 757.